The van der Waals surface area contributed by atoms with Crippen molar-refractivity contribution in [2.75, 3.05) is 60.5 Å². The average Bonchev–Trinajstić information content (AvgIpc) is 3.27. The van der Waals surface area contributed by atoms with Gasteiger partial charge in [0.2, 0.25) is 0 Å². The Morgan fingerprint density at radius 3 is 1.56 bits per heavy atom. The van der Waals surface area contributed by atoms with Gasteiger partial charge in [-0.1, -0.05) is 78.9 Å². The molecule has 0 aromatic heterocycles. The fourth-order valence-electron chi connectivity index (χ4n) is 8.45. The molecule has 0 radical (unpaired) electrons. The lowest BCUT2D eigenvalue weighted by atomic mass is 9.92. The molecule has 13 nitrogen and oxygen atoms in total. The van der Waals surface area contributed by atoms with Crippen molar-refractivity contribution in [1.82, 2.24) is 0 Å². The van der Waals surface area contributed by atoms with Gasteiger partial charge in [-0.3, -0.25) is 39.8 Å². The van der Waals surface area contributed by atoms with Crippen molar-refractivity contribution in [2.45, 2.75) is 32.2 Å². The first kappa shape index (κ1) is 38.8. The fraction of sp³-hybridized carbons (Fsp3) is 0.261. The smallest absolute Gasteiger partial charge is 0.293 e. The zero-order valence-corrected chi connectivity index (χ0v) is 32.7. The second-order valence-corrected chi connectivity index (χ2v) is 15.0. The summed E-state index contributed by atoms with van der Waals surface area (Å²) < 4.78 is 0. The van der Waals surface area contributed by atoms with Crippen molar-refractivity contribution in [3.05, 3.63) is 169 Å². The van der Waals surface area contributed by atoms with Gasteiger partial charge in [0.25, 0.3) is 11.4 Å². The number of hydrogen-bond donors (Lipinski definition) is 0. The summed E-state index contributed by atoms with van der Waals surface area (Å²) in [6, 6.07) is 35.7. The first-order chi connectivity index (χ1) is 28.7. The van der Waals surface area contributed by atoms with E-state index in [0.717, 1.165) is 50.0 Å². The number of benzene rings is 5. The van der Waals surface area contributed by atoms with Gasteiger partial charge in [0, 0.05) is 90.0 Å². The van der Waals surface area contributed by atoms with Crippen molar-refractivity contribution in [3.63, 3.8) is 0 Å². The van der Waals surface area contributed by atoms with Crippen LogP contribution in [0.1, 0.15) is 69.2 Å². The molecule has 9 rings (SSSR count). The number of Topliss-reactive ketones (excluding diaryl/α,β-unsaturated/α-hetero) is 2. The zero-order chi connectivity index (χ0) is 41.0. The number of piperazine rings is 1. The fourth-order valence-corrected chi connectivity index (χ4v) is 8.45. The Labute approximate surface area is 341 Å². The van der Waals surface area contributed by atoms with Crippen LogP contribution >= 0.6 is 0 Å². The Hall–Kier alpha value is -7.02. The van der Waals surface area contributed by atoms with E-state index in [1.807, 2.05) is 78.9 Å². The molecule has 0 saturated carbocycles. The predicted octanol–water partition coefficient (Wildman–Crippen LogP) is 7.96. The molecule has 0 aliphatic carbocycles. The molecule has 2 fully saturated rings. The third kappa shape index (κ3) is 7.96. The summed E-state index contributed by atoms with van der Waals surface area (Å²) in [5, 5.41) is 23.7. The first-order valence-corrected chi connectivity index (χ1v) is 19.9. The van der Waals surface area contributed by atoms with Crippen LogP contribution in [0.15, 0.2) is 125 Å². The van der Waals surface area contributed by atoms with Crippen LogP contribution in [0.4, 0.5) is 28.4 Å². The van der Waals surface area contributed by atoms with Gasteiger partial charge >= 0.3 is 0 Å². The monoisotopic (exact) mass is 789 g/mol. The van der Waals surface area contributed by atoms with Crippen molar-refractivity contribution in [1.29, 1.82) is 0 Å². The van der Waals surface area contributed by atoms with E-state index in [1.54, 1.807) is 24.3 Å². The number of nitro benzene ring substituents is 2. The van der Waals surface area contributed by atoms with E-state index >= 15 is 0 Å². The largest absolute Gasteiger partial charge is 0.368 e. The van der Waals surface area contributed by atoms with E-state index in [2.05, 4.69) is 43.7 Å². The molecule has 59 heavy (non-hydrogen) atoms. The number of nitrogens with zero attached hydrogens (tertiary/aromatic N) is 7. The number of anilines is 3. The highest BCUT2D eigenvalue weighted by molar-refractivity contribution is 6.23. The molecule has 1 unspecified atom stereocenters. The molecule has 13 heteroatoms. The van der Waals surface area contributed by atoms with Crippen LogP contribution in [-0.4, -0.2) is 84.7 Å². The van der Waals surface area contributed by atoms with Gasteiger partial charge in [-0.25, -0.2) is 0 Å². The van der Waals surface area contributed by atoms with E-state index in [1.165, 1.54) is 5.69 Å². The third-order valence-electron chi connectivity index (χ3n) is 11.5. The minimum absolute atomic E-state index is 0.0254. The number of ketones is 2. The highest BCUT2D eigenvalue weighted by atomic mass is 16.6. The first-order valence-electron chi connectivity index (χ1n) is 19.9. The normalized spacial score (nSPS) is 17.5. The molecule has 0 bridgehead atoms. The topological polar surface area (TPSA) is 155 Å². The number of rotatable bonds is 7. The Kier molecular flexibility index (Phi) is 11.1. The molecule has 4 heterocycles. The molecule has 0 amide bonds. The minimum atomic E-state index is -0.331. The van der Waals surface area contributed by atoms with E-state index in [0.29, 0.717) is 58.1 Å². The van der Waals surface area contributed by atoms with Crippen LogP contribution < -0.4 is 14.7 Å². The van der Waals surface area contributed by atoms with Gasteiger partial charge in [0.05, 0.1) is 21.3 Å². The van der Waals surface area contributed by atoms with Crippen molar-refractivity contribution >= 4 is 51.4 Å². The minimum Gasteiger partial charge on any atom is -0.368 e. The molecule has 1 atom stereocenters. The number of carbonyl (C=O) groups excluding carboxylic acids is 2. The number of para-hydroxylation sites is 1. The quantitative estimate of drug-likeness (QED) is 0.118. The van der Waals surface area contributed by atoms with E-state index in [4.69, 9.17) is 0 Å². The standard InChI is InChI=1S/C25H22N4O3.C21H21N3O3/c30-24-17-26-25(21-9-5-4-8-20(21)24)18-10-11-22(23(16-18)29(31)32)28-14-12-27(13-15-28)19-6-2-1-3-7-19;1-14-6-4-5-11-23(14)18-10-9-15(12-19(18)24(26)27)21-17-8-3-2-7-16(17)20(25)13-22-21/h1-11,16H,12-15,17H2;2-3,7-10,12,14H,4-6,11,13H2,1H3. The Balaban J connectivity index is 0.000000167. The number of hydrogen-bond acceptors (Lipinski definition) is 11. The number of carbonyl (C=O) groups is 2. The van der Waals surface area contributed by atoms with Gasteiger partial charge in [0.15, 0.2) is 11.6 Å². The lowest BCUT2D eigenvalue weighted by molar-refractivity contribution is -0.384. The summed E-state index contributed by atoms with van der Waals surface area (Å²) in [4.78, 5) is 62.7. The average molecular weight is 790 g/mol. The number of fused-ring (bicyclic) bond motifs is 2. The predicted molar refractivity (Wildman–Crippen MR) is 230 cm³/mol. The SMILES string of the molecule is CC1CCCCN1c1ccc(C2=NCC(=O)c3ccccc32)cc1[N+](=O)[O-].O=C1CN=C(c2ccc(N3CCN(c4ccccc4)CC3)c([N+](=O)[O-])c2)c2ccccc21. The van der Waals surface area contributed by atoms with Gasteiger partial charge < -0.3 is 14.7 Å². The number of aliphatic imine (C=N–C) groups is 2. The molecule has 4 aliphatic rings. The molecule has 0 N–H and O–H groups in total. The summed E-state index contributed by atoms with van der Waals surface area (Å²) in [6.07, 6.45) is 3.25. The summed E-state index contributed by atoms with van der Waals surface area (Å²) in [7, 11) is 0. The molecule has 0 spiro atoms. The maximum atomic E-state index is 12.2. The molecule has 2 saturated heterocycles. The van der Waals surface area contributed by atoms with Crippen molar-refractivity contribution < 1.29 is 19.4 Å². The molecule has 298 valence electrons. The van der Waals surface area contributed by atoms with Crippen LogP contribution in [-0.2, 0) is 0 Å². The molecule has 5 aromatic rings. The maximum Gasteiger partial charge on any atom is 0.293 e. The highest BCUT2D eigenvalue weighted by Crippen LogP contribution is 2.36. The molecule has 4 aliphatic heterocycles. The summed E-state index contributed by atoms with van der Waals surface area (Å²) in [6.45, 7) is 6.08. The number of piperidine rings is 1. The van der Waals surface area contributed by atoms with Crippen LogP contribution in [0.2, 0.25) is 0 Å². The Morgan fingerprint density at radius 2 is 1.03 bits per heavy atom. The number of nitro groups is 2. The lowest BCUT2D eigenvalue weighted by Crippen LogP contribution is -2.46. The van der Waals surface area contributed by atoms with E-state index < -0.39 is 0 Å². The third-order valence-corrected chi connectivity index (χ3v) is 11.5. The lowest BCUT2D eigenvalue weighted by Gasteiger charge is -2.37. The second-order valence-electron chi connectivity index (χ2n) is 15.0. The summed E-state index contributed by atoms with van der Waals surface area (Å²) in [5.41, 5.74) is 7.91. The van der Waals surface area contributed by atoms with Gasteiger partial charge in [0.1, 0.15) is 24.5 Å². The molecular formula is C46H43N7O6. The maximum absolute atomic E-state index is 12.2. The van der Waals surface area contributed by atoms with Gasteiger partial charge in [-0.15, -0.1) is 0 Å². The van der Waals surface area contributed by atoms with Crippen LogP contribution in [0, 0.1) is 20.2 Å². The van der Waals surface area contributed by atoms with E-state index in [9.17, 15) is 29.8 Å². The Bertz CT molecular complexity index is 2510. The van der Waals surface area contributed by atoms with Gasteiger partial charge in [-0.2, -0.15) is 0 Å². The van der Waals surface area contributed by atoms with Crippen LogP contribution in [0.25, 0.3) is 0 Å². The highest BCUT2D eigenvalue weighted by Gasteiger charge is 2.30. The second kappa shape index (κ2) is 16.8. The molecule has 5 aromatic carbocycles. The summed E-state index contributed by atoms with van der Waals surface area (Å²) in [5.74, 6) is -0.0608. The van der Waals surface area contributed by atoms with E-state index in [-0.39, 0.29) is 51.9 Å². The van der Waals surface area contributed by atoms with Crippen LogP contribution in [0.5, 0.6) is 0 Å². The molecular weight excluding hydrogens is 747 g/mol. The van der Waals surface area contributed by atoms with Crippen molar-refractivity contribution in [2.24, 2.45) is 9.98 Å². The Morgan fingerprint density at radius 1 is 0.559 bits per heavy atom. The van der Waals surface area contributed by atoms with Gasteiger partial charge in [-0.05, 0) is 50.5 Å². The van der Waals surface area contributed by atoms with Crippen molar-refractivity contribution in [3.8, 4) is 0 Å². The zero-order valence-electron chi connectivity index (χ0n) is 32.7. The van der Waals surface area contributed by atoms with Crippen LogP contribution in [0.3, 0.4) is 0 Å². The summed E-state index contributed by atoms with van der Waals surface area (Å²) >= 11 is 0.